The standard InChI is InChI=1S/C14H26N2O3/c1-4-7-16(11-17)14(13(18)19)5-8-15(9-6-14)10-12(2)3/h11-12H,4-10H2,1-3H3,(H,18,19). The van der Waals surface area contributed by atoms with Gasteiger partial charge in [-0.2, -0.15) is 0 Å². The highest BCUT2D eigenvalue weighted by Gasteiger charge is 2.45. The minimum Gasteiger partial charge on any atom is -0.479 e. The Morgan fingerprint density at radius 3 is 2.37 bits per heavy atom. The summed E-state index contributed by atoms with van der Waals surface area (Å²) in [7, 11) is 0. The van der Waals surface area contributed by atoms with E-state index in [-0.39, 0.29) is 0 Å². The van der Waals surface area contributed by atoms with Crippen molar-refractivity contribution >= 4 is 12.4 Å². The van der Waals surface area contributed by atoms with Crippen molar-refractivity contribution in [1.29, 1.82) is 0 Å². The van der Waals surface area contributed by atoms with Crippen LogP contribution in [0.4, 0.5) is 0 Å². The molecule has 5 nitrogen and oxygen atoms in total. The number of hydrogen-bond acceptors (Lipinski definition) is 3. The number of likely N-dealkylation sites (tertiary alicyclic amines) is 1. The second kappa shape index (κ2) is 6.89. The minimum atomic E-state index is -0.995. The van der Waals surface area contributed by atoms with E-state index in [1.807, 2.05) is 6.92 Å². The highest BCUT2D eigenvalue weighted by atomic mass is 16.4. The fourth-order valence-corrected chi connectivity index (χ4v) is 2.85. The van der Waals surface area contributed by atoms with Crippen molar-refractivity contribution < 1.29 is 14.7 Å². The van der Waals surface area contributed by atoms with E-state index in [0.29, 0.717) is 31.7 Å². The molecule has 5 heteroatoms. The summed E-state index contributed by atoms with van der Waals surface area (Å²) in [5.74, 6) is -0.285. The zero-order valence-corrected chi connectivity index (χ0v) is 12.3. The third kappa shape index (κ3) is 3.69. The van der Waals surface area contributed by atoms with E-state index in [2.05, 4.69) is 18.7 Å². The smallest absolute Gasteiger partial charge is 0.329 e. The van der Waals surface area contributed by atoms with Crippen molar-refractivity contribution in [3.05, 3.63) is 0 Å². The van der Waals surface area contributed by atoms with Crippen molar-refractivity contribution in [2.75, 3.05) is 26.2 Å². The first-order valence-electron chi connectivity index (χ1n) is 7.14. The van der Waals surface area contributed by atoms with Gasteiger partial charge in [0.25, 0.3) is 0 Å². The van der Waals surface area contributed by atoms with Gasteiger partial charge in [0.15, 0.2) is 0 Å². The van der Waals surface area contributed by atoms with Crippen LogP contribution < -0.4 is 0 Å². The first kappa shape index (κ1) is 16.0. The lowest BCUT2D eigenvalue weighted by molar-refractivity contribution is -0.159. The van der Waals surface area contributed by atoms with Gasteiger partial charge in [0.1, 0.15) is 5.54 Å². The summed E-state index contributed by atoms with van der Waals surface area (Å²) in [4.78, 5) is 26.7. The Hall–Kier alpha value is -1.10. The summed E-state index contributed by atoms with van der Waals surface area (Å²) < 4.78 is 0. The maximum Gasteiger partial charge on any atom is 0.329 e. The van der Waals surface area contributed by atoms with Crippen LogP contribution in [-0.4, -0.2) is 59.0 Å². The van der Waals surface area contributed by atoms with E-state index >= 15 is 0 Å². The van der Waals surface area contributed by atoms with Crippen molar-refractivity contribution in [3.8, 4) is 0 Å². The lowest BCUT2D eigenvalue weighted by Gasteiger charge is -2.44. The largest absolute Gasteiger partial charge is 0.479 e. The number of carboxylic acids is 1. The molecule has 0 unspecified atom stereocenters. The quantitative estimate of drug-likeness (QED) is 0.711. The van der Waals surface area contributed by atoms with E-state index in [9.17, 15) is 14.7 Å². The highest BCUT2D eigenvalue weighted by Crippen LogP contribution is 2.29. The first-order chi connectivity index (χ1) is 8.96. The molecule has 0 aromatic heterocycles. The maximum absolute atomic E-state index is 11.7. The lowest BCUT2D eigenvalue weighted by atomic mass is 9.85. The number of carbonyl (C=O) groups excluding carboxylic acids is 1. The Kier molecular flexibility index (Phi) is 5.79. The predicted molar refractivity (Wildman–Crippen MR) is 73.9 cm³/mol. The number of amides is 1. The van der Waals surface area contributed by atoms with Crippen LogP contribution in [0, 0.1) is 5.92 Å². The Bertz CT molecular complexity index is 310. The number of carbonyl (C=O) groups is 2. The summed E-state index contributed by atoms with van der Waals surface area (Å²) in [6.07, 6.45) is 2.53. The Morgan fingerprint density at radius 2 is 2.00 bits per heavy atom. The van der Waals surface area contributed by atoms with Gasteiger partial charge in [0.05, 0.1) is 0 Å². The molecular formula is C14H26N2O3. The molecule has 0 radical (unpaired) electrons. The van der Waals surface area contributed by atoms with Crippen molar-refractivity contribution in [2.24, 2.45) is 5.92 Å². The molecular weight excluding hydrogens is 244 g/mol. The van der Waals surface area contributed by atoms with Crippen LogP contribution in [0.3, 0.4) is 0 Å². The molecule has 1 fully saturated rings. The molecule has 1 heterocycles. The molecule has 1 aliphatic rings. The molecule has 110 valence electrons. The maximum atomic E-state index is 11.7. The molecule has 0 atom stereocenters. The molecule has 0 aromatic carbocycles. The molecule has 1 aliphatic heterocycles. The van der Waals surface area contributed by atoms with Crippen LogP contribution in [0.15, 0.2) is 0 Å². The molecule has 1 rings (SSSR count). The number of aliphatic carboxylic acids is 1. The summed E-state index contributed by atoms with van der Waals surface area (Å²) in [5.41, 5.74) is -0.995. The topological polar surface area (TPSA) is 60.9 Å². The molecule has 0 aromatic rings. The molecule has 0 bridgehead atoms. The summed E-state index contributed by atoms with van der Waals surface area (Å²) >= 11 is 0. The van der Waals surface area contributed by atoms with Gasteiger partial charge in [-0.25, -0.2) is 4.79 Å². The Balaban J connectivity index is 2.76. The fourth-order valence-electron chi connectivity index (χ4n) is 2.85. The van der Waals surface area contributed by atoms with Crippen molar-refractivity contribution in [2.45, 2.75) is 45.6 Å². The molecule has 1 N–H and O–H groups in total. The Labute approximate surface area is 115 Å². The predicted octanol–water partition coefficient (Wildman–Crippen LogP) is 1.43. The highest BCUT2D eigenvalue weighted by molar-refractivity contribution is 5.81. The average Bonchev–Trinajstić information content (AvgIpc) is 2.36. The van der Waals surface area contributed by atoms with E-state index in [0.717, 1.165) is 26.1 Å². The van der Waals surface area contributed by atoms with Gasteiger partial charge in [0.2, 0.25) is 6.41 Å². The summed E-state index contributed by atoms with van der Waals surface area (Å²) in [6.45, 7) is 9.28. The van der Waals surface area contributed by atoms with Crippen LogP contribution in [0.1, 0.15) is 40.0 Å². The molecule has 0 saturated carbocycles. The number of rotatable bonds is 7. The molecule has 1 amide bonds. The molecule has 0 aliphatic carbocycles. The summed E-state index contributed by atoms with van der Waals surface area (Å²) in [5, 5.41) is 9.57. The zero-order valence-electron chi connectivity index (χ0n) is 12.3. The van der Waals surface area contributed by atoms with Gasteiger partial charge in [-0.15, -0.1) is 0 Å². The van der Waals surface area contributed by atoms with Crippen LogP contribution in [-0.2, 0) is 9.59 Å². The Morgan fingerprint density at radius 1 is 1.42 bits per heavy atom. The normalized spacial score (nSPS) is 19.4. The molecule has 19 heavy (non-hydrogen) atoms. The van der Waals surface area contributed by atoms with Crippen molar-refractivity contribution in [3.63, 3.8) is 0 Å². The van der Waals surface area contributed by atoms with Gasteiger partial charge >= 0.3 is 5.97 Å². The third-order valence-electron chi connectivity index (χ3n) is 3.85. The SMILES string of the molecule is CCCN(C=O)C1(C(=O)O)CCN(CC(C)C)CC1. The zero-order chi connectivity index (χ0) is 14.5. The van der Waals surface area contributed by atoms with Crippen LogP contribution >= 0.6 is 0 Å². The second-order valence-corrected chi connectivity index (χ2v) is 5.83. The van der Waals surface area contributed by atoms with Gasteiger partial charge in [0, 0.05) is 26.2 Å². The monoisotopic (exact) mass is 270 g/mol. The fraction of sp³-hybridized carbons (Fsp3) is 0.857. The van der Waals surface area contributed by atoms with Gasteiger partial charge in [-0.05, 0) is 25.2 Å². The summed E-state index contributed by atoms with van der Waals surface area (Å²) in [6, 6.07) is 0. The van der Waals surface area contributed by atoms with Gasteiger partial charge in [-0.3, -0.25) is 4.79 Å². The third-order valence-corrected chi connectivity index (χ3v) is 3.85. The molecule has 0 spiro atoms. The van der Waals surface area contributed by atoms with E-state index in [4.69, 9.17) is 0 Å². The van der Waals surface area contributed by atoms with Crippen LogP contribution in [0.5, 0.6) is 0 Å². The van der Waals surface area contributed by atoms with Gasteiger partial charge < -0.3 is 14.9 Å². The van der Waals surface area contributed by atoms with Crippen LogP contribution in [0.2, 0.25) is 0 Å². The number of piperidine rings is 1. The van der Waals surface area contributed by atoms with E-state index < -0.39 is 11.5 Å². The first-order valence-corrected chi connectivity index (χ1v) is 7.14. The van der Waals surface area contributed by atoms with Crippen molar-refractivity contribution in [1.82, 2.24) is 9.80 Å². The number of carboxylic acid groups (broad SMARTS) is 1. The number of nitrogens with zero attached hydrogens (tertiary/aromatic N) is 2. The van der Waals surface area contributed by atoms with E-state index in [1.54, 1.807) is 0 Å². The van der Waals surface area contributed by atoms with Crippen LogP contribution in [0.25, 0.3) is 0 Å². The second-order valence-electron chi connectivity index (χ2n) is 5.83. The van der Waals surface area contributed by atoms with E-state index in [1.165, 1.54) is 4.90 Å². The lowest BCUT2D eigenvalue weighted by Crippen LogP contribution is -2.60. The number of hydrogen-bond donors (Lipinski definition) is 1. The molecule has 1 saturated heterocycles. The average molecular weight is 270 g/mol. The minimum absolute atomic E-state index is 0.514. The van der Waals surface area contributed by atoms with Gasteiger partial charge in [-0.1, -0.05) is 20.8 Å².